The van der Waals surface area contributed by atoms with Crippen LogP contribution in [0, 0.1) is 0 Å². The Hall–Kier alpha value is -1.61. The number of hydrogen-bond donors (Lipinski definition) is 2. The third kappa shape index (κ3) is 3.56. The maximum absolute atomic E-state index is 11.1. The zero-order valence-electron chi connectivity index (χ0n) is 8.73. The number of benzene rings is 1. The topological polar surface area (TPSA) is 49.3 Å². The van der Waals surface area contributed by atoms with Crippen molar-refractivity contribution in [3.63, 3.8) is 0 Å². The lowest BCUT2D eigenvalue weighted by atomic mass is 10.1. The quantitative estimate of drug-likeness (QED) is 0.779. The molecular weight excluding hydrogens is 190 g/mol. The molecule has 1 rings (SSSR count). The summed E-state index contributed by atoms with van der Waals surface area (Å²) < 4.78 is 0. The van der Waals surface area contributed by atoms with Gasteiger partial charge in [-0.3, -0.25) is 4.79 Å². The van der Waals surface area contributed by atoms with Crippen LogP contribution in [0.1, 0.15) is 18.1 Å². The molecule has 0 heterocycles. The van der Waals surface area contributed by atoms with Crippen LogP contribution in [-0.4, -0.2) is 17.1 Å². The van der Waals surface area contributed by atoms with E-state index in [1.807, 2.05) is 24.3 Å². The highest BCUT2D eigenvalue weighted by Crippen LogP contribution is 2.05. The lowest BCUT2D eigenvalue weighted by Crippen LogP contribution is -2.31. The second-order valence-electron chi connectivity index (χ2n) is 3.34. The van der Waals surface area contributed by atoms with E-state index in [1.54, 1.807) is 6.08 Å². The molecule has 0 aliphatic rings. The van der Waals surface area contributed by atoms with Gasteiger partial charge >= 0.3 is 0 Å². The summed E-state index contributed by atoms with van der Waals surface area (Å²) in [5.41, 5.74) is 2.04. The van der Waals surface area contributed by atoms with Crippen molar-refractivity contribution in [1.82, 2.24) is 5.32 Å². The minimum atomic E-state index is -0.961. The molecule has 0 saturated carbocycles. The molecule has 0 radical (unpaired) electrons. The molecule has 0 aliphatic carbocycles. The zero-order valence-corrected chi connectivity index (χ0v) is 8.73. The lowest BCUT2D eigenvalue weighted by molar-refractivity contribution is -0.128. The molecule has 1 aromatic rings. The summed E-state index contributed by atoms with van der Waals surface area (Å²) >= 11 is 0. The first-order valence-corrected chi connectivity index (χ1v) is 4.80. The summed E-state index contributed by atoms with van der Waals surface area (Å²) in [6.45, 7) is 5.53. The van der Waals surface area contributed by atoms with E-state index >= 15 is 0 Å². The fourth-order valence-electron chi connectivity index (χ4n) is 1.11. The highest BCUT2D eigenvalue weighted by molar-refractivity contribution is 5.79. The van der Waals surface area contributed by atoms with E-state index in [9.17, 15) is 4.79 Å². The third-order valence-electron chi connectivity index (χ3n) is 2.06. The summed E-state index contributed by atoms with van der Waals surface area (Å²) in [6, 6.07) is 7.69. The van der Waals surface area contributed by atoms with Gasteiger partial charge in [0.25, 0.3) is 0 Å². The third-order valence-corrected chi connectivity index (χ3v) is 2.06. The van der Waals surface area contributed by atoms with E-state index in [-0.39, 0.29) is 5.91 Å². The lowest BCUT2D eigenvalue weighted by Gasteiger charge is -2.07. The maximum atomic E-state index is 11.1. The fraction of sp³-hybridized carbons (Fsp3) is 0.250. The van der Waals surface area contributed by atoms with E-state index in [0.29, 0.717) is 6.54 Å². The van der Waals surface area contributed by atoms with Gasteiger partial charge in [0.05, 0.1) is 0 Å². The van der Waals surface area contributed by atoms with E-state index < -0.39 is 6.10 Å². The number of carbonyl (C=O) groups excluding carboxylic acids is 1. The summed E-state index contributed by atoms with van der Waals surface area (Å²) in [5, 5.41) is 11.6. The van der Waals surface area contributed by atoms with Gasteiger partial charge in [0, 0.05) is 6.54 Å². The zero-order chi connectivity index (χ0) is 11.3. The number of rotatable bonds is 4. The van der Waals surface area contributed by atoms with Crippen molar-refractivity contribution < 1.29 is 9.90 Å². The number of carbonyl (C=O) groups is 1. The van der Waals surface area contributed by atoms with Gasteiger partial charge in [-0.05, 0) is 18.1 Å². The minimum Gasteiger partial charge on any atom is -0.384 e. The highest BCUT2D eigenvalue weighted by Gasteiger charge is 2.06. The van der Waals surface area contributed by atoms with E-state index in [1.165, 1.54) is 6.92 Å². The summed E-state index contributed by atoms with van der Waals surface area (Å²) in [6.07, 6.45) is 0.801. The summed E-state index contributed by atoms with van der Waals surface area (Å²) in [7, 11) is 0. The Bertz CT molecular complexity index is 341. The van der Waals surface area contributed by atoms with Gasteiger partial charge in [0.15, 0.2) is 0 Å². The van der Waals surface area contributed by atoms with Crippen LogP contribution in [0.3, 0.4) is 0 Å². The molecule has 3 heteroatoms. The molecule has 0 fully saturated rings. The molecule has 0 aliphatic heterocycles. The molecule has 3 nitrogen and oxygen atoms in total. The van der Waals surface area contributed by atoms with Crippen LogP contribution in [0.15, 0.2) is 30.8 Å². The summed E-state index contributed by atoms with van der Waals surface area (Å²) in [4.78, 5) is 11.1. The molecular formula is C12H15NO2. The second-order valence-corrected chi connectivity index (χ2v) is 3.34. The molecule has 0 spiro atoms. The van der Waals surface area contributed by atoms with Crippen LogP contribution < -0.4 is 5.32 Å². The molecule has 0 bridgehead atoms. The van der Waals surface area contributed by atoms with Gasteiger partial charge in [-0.25, -0.2) is 0 Å². The Balaban J connectivity index is 2.51. The van der Waals surface area contributed by atoms with Crippen LogP contribution in [0.4, 0.5) is 0 Å². The number of nitrogens with one attached hydrogen (secondary N) is 1. The van der Waals surface area contributed by atoms with Crippen molar-refractivity contribution in [2.75, 3.05) is 0 Å². The van der Waals surface area contributed by atoms with Crippen LogP contribution in [0.25, 0.3) is 6.08 Å². The number of aliphatic hydroxyl groups is 1. The Morgan fingerprint density at radius 1 is 1.53 bits per heavy atom. The molecule has 1 unspecified atom stereocenters. The molecule has 2 N–H and O–H groups in total. The van der Waals surface area contributed by atoms with E-state index in [2.05, 4.69) is 11.9 Å². The SMILES string of the molecule is C=Cc1ccc(CNC(=O)C(C)O)cc1. The van der Waals surface area contributed by atoms with Crippen molar-refractivity contribution in [3.8, 4) is 0 Å². The number of amides is 1. The largest absolute Gasteiger partial charge is 0.384 e. The first-order valence-electron chi connectivity index (χ1n) is 4.80. The predicted octanol–water partition coefficient (Wildman–Crippen LogP) is 1.33. The van der Waals surface area contributed by atoms with Crippen molar-refractivity contribution >= 4 is 12.0 Å². The molecule has 15 heavy (non-hydrogen) atoms. The average Bonchev–Trinajstić information content (AvgIpc) is 2.26. The molecule has 1 atom stereocenters. The van der Waals surface area contributed by atoms with Gasteiger partial charge in [0.1, 0.15) is 6.10 Å². The van der Waals surface area contributed by atoms with Crippen molar-refractivity contribution in [2.24, 2.45) is 0 Å². The van der Waals surface area contributed by atoms with Gasteiger partial charge in [0.2, 0.25) is 5.91 Å². The van der Waals surface area contributed by atoms with Gasteiger partial charge in [-0.1, -0.05) is 36.9 Å². The normalized spacial score (nSPS) is 11.9. The Morgan fingerprint density at radius 2 is 2.13 bits per heavy atom. The van der Waals surface area contributed by atoms with E-state index in [0.717, 1.165) is 11.1 Å². The second kappa shape index (κ2) is 5.32. The molecule has 1 amide bonds. The van der Waals surface area contributed by atoms with Crippen molar-refractivity contribution in [1.29, 1.82) is 0 Å². The number of aliphatic hydroxyl groups excluding tert-OH is 1. The van der Waals surface area contributed by atoms with Gasteiger partial charge < -0.3 is 10.4 Å². The monoisotopic (exact) mass is 205 g/mol. The highest BCUT2D eigenvalue weighted by atomic mass is 16.3. The van der Waals surface area contributed by atoms with E-state index in [4.69, 9.17) is 5.11 Å². The minimum absolute atomic E-state index is 0.359. The Kier molecular flexibility index (Phi) is 4.06. The van der Waals surface area contributed by atoms with Crippen LogP contribution in [0.5, 0.6) is 0 Å². The smallest absolute Gasteiger partial charge is 0.248 e. The van der Waals surface area contributed by atoms with Crippen LogP contribution in [0.2, 0.25) is 0 Å². The van der Waals surface area contributed by atoms with Crippen LogP contribution >= 0.6 is 0 Å². The first kappa shape index (κ1) is 11.5. The van der Waals surface area contributed by atoms with Crippen LogP contribution in [-0.2, 0) is 11.3 Å². The van der Waals surface area contributed by atoms with Gasteiger partial charge in [-0.2, -0.15) is 0 Å². The van der Waals surface area contributed by atoms with Crippen molar-refractivity contribution in [2.45, 2.75) is 19.6 Å². The molecule has 0 aromatic heterocycles. The number of hydrogen-bond acceptors (Lipinski definition) is 2. The summed E-state index contributed by atoms with van der Waals surface area (Å²) in [5.74, 6) is -0.359. The molecule has 80 valence electrons. The Labute approximate surface area is 89.4 Å². The van der Waals surface area contributed by atoms with Gasteiger partial charge in [-0.15, -0.1) is 0 Å². The van der Waals surface area contributed by atoms with Crippen molar-refractivity contribution in [3.05, 3.63) is 42.0 Å². The Morgan fingerprint density at radius 3 is 2.60 bits per heavy atom. The fourth-order valence-corrected chi connectivity index (χ4v) is 1.11. The first-order chi connectivity index (χ1) is 7.13. The predicted molar refractivity (Wildman–Crippen MR) is 60.1 cm³/mol. The molecule has 1 aromatic carbocycles. The maximum Gasteiger partial charge on any atom is 0.248 e. The average molecular weight is 205 g/mol. The standard InChI is InChI=1S/C12H15NO2/c1-3-10-4-6-11(7-5-10)8-13-12(15)9(2)14/h3-7,9,14H,1,8H2,2H3,(H,13,15). The molecule has 0 saturated heterocycles.